The molecule has 1 saturated heterocycles. The molecule has 150 valence electrons. The number of allylic oxidation sites excluding steroid dienone is 1. The van der Waals surface area contributed by atoms with Gasteiger partial charge >= 0.3 is 6.09 Å². The monoisotopic (exact) mass is 474 g/mol. The Balaban J connectivity index is 1.64. The van der Waals surface area contributed by atoms with Gasteiger partial charge in [-0.05, 0) is 35.9 Å². The van der Waals surface area contributed by atoms with Crippen LogP contribution < -0.4 is 14.8 Å². The van der Waals surface area contributed by atoms with Crippen LogP contribution in [-0.2, 0) is 0 Å². The lowest BCUT2D eigenvalue weighted by molar-refractivity contribution is 0.104. The van der Waals surface area contributed by atoms with E-state index in [0.717, 1.165) is 23.1 Å². The molecular weight excluding hydrogens is 456 g/mol. The molecule has 8 heteroatoms. The molecule has 29 heavy (non-hydrogen) atoms. The van der Waals surface area contributed by atoms with Gasteiger partial charge in [-0.2, -0.15) is 0 Å². The molecule has 0 spiro atoms. The summed E-state index contributed by atoms with van der Waals surface area (Å²) in [5.41, 5.74) is 1.35. The van der Waals surface area contributed by atoms with Crippen LogP contribution in [0, 0.1) is 0 Å². The lowest BCUT2D eigenvalue weighted by Crippen LogP contribution is -2.47. The van der Waals surface area contributed by atoms with Gasteiger partial charge in [0.05, 0.1) is 22.5 Å². The van der Waals surface area contributed by atoms with Crippen LogP contribution in [0.4, 0.5) is 4.79 Å². The normalized spacial score (nSPS) is 17.4. The van der Waals surface area contributed by atoms with Crippen LogP contribution in [-0.4, -0.2) is 50.1 Å². The van der Waals surface area contributed by atoms with Gasteiger partial charge in [-0.1, -0.05) is 39.8 Å². The van der Waals surface area contributed by atoms with Crippen LogP contribution in [0.5, 0.6) is 11.5 Å². The van der Waals surface area contributed by atoms with Crippen molar-refractivity contribution in [2.24, 2.45) is 0 Å². The first kappa shape index (κ1) is 20.0. The number of hydrogen-bond acceptors (Lipinski definition) is 6. The average Bonchev–Trinajstić information content (AvgIpc) is 3.07. The zero-order valence-electron chi connectivity index (χ0n) is 15.7. The summed E-state index contributed by atoms with van der Waals surface area (Å²) in [5.74, 6) is 0.713. The van der Waals surface area contributed by atoms with Gasteiger partial charge in [-0.3, -0.25) is 4.79 Å². The van der Waals surface area contributed by atoms with Gasteiger partial charge in [-0.25, -0.2) is 4.79 Å². The Hall–Kier alpha value is -2.29. The fraction of sp³-hybridized carbons (Fsp3) is 0.238. The number of piperazine rings is 1. The first-order chi connectivity index (χ1) is 14.1. The van der Waals surface area contributed by atoms with Crippen molar-refractivity contribution in [3.63, 3.8) is 0 Å². The summed E-state index contributed by atoms with van der Waals surface area (Å²) in [5, 5.41) is 3.20. The fourth-order valence-electron chi connectivity index (χ4n) is 3.20. The van der Waals surface area contributed by atoms with E-state index in [-0.39, 0.29) is 5.78 Å². The molecule has 2 aromatic rings. The first-order valence-corrected chi connectivity index (χ1v) is 10.8. The van der Waals surface area contributed by atoms with Crippen molar-refractivity contribution in [2.45, 2.75) is 4.90 Å². The molecule has 0 aromatic heterocycles. The molecule has 2 aromatic carbocycles. The van der Waals surface area contributed by atoms with Crippen LogP contribution in [0.2, 0.25) is 0 Å². The van der Waals surface area contributed by atoms with Crippen molar-refractivity contribution < 1.29 is 19.1 Å². The number of benzene rings is 2. The van der Waals surface area contributed by atoms with Gasteiger partial charge in [0.25, 0.3) is 0 Å². The minimum atomic E-state index is -0.405. The highest BCUT2D eigenvalue weighted by Crippen LogP contribution is 2.49. The third-order valence-corrected chi connectivity index (χ3v) is 6.37. The number of carbonyl (C=O) groups is 2. The van der Waals surface area contributed by atoms with Gasteiger partial charge in [0, 0.05) is 30.7 Å². The number of methoxy groups -OCH3 is 1. The zero-order valence-corrected chi connectivity index (χ0v) is 18.1. The third kappa shape index (κ3) is 4.19. The maximum atomic E-state index is 13.0. The van der Waals surface area contributed by atoms with Crippen LogP contribution >= 0.6 is 27.7 Å². The van der Waals surface area contributed by atoms with E-state index in [1.165, 1.54) is 18.9 Å². The van der Waals surface area contributed by atoms with Gasteiger partial charge in [-0.15, -0.1) is 0 Å². The number of fused-ring (bicyclic) bond motifs is 1. The van der Waals surface area contributed by atoms with Crippen molar-refractivity contribution in [2.75, 3.05) is 33.3 Å². The second kappa shape index (κ2) is 8.61. The Morgan fingerprint density at radius 1 is 1.14 bits per heavy atom. The van der Waals surface area contributed by atoms with Crippen molar-refractivity contribution in [1.82, 2.24) is 10.2 Å². The van der Waals surface area contributed by atoms with Crippen LogP contribution in [0.15, 0.2) is 50.7 Å². The molecule has 6 nitrogen and oxygen atoms in total. The Morgan fingerprint density at radius 2 is 1.83 bits per heavy atom. The van der Waals surface area contributed by atoms with Crippen molar-refractivity contribution in [1.29, 1.82) is 0 Å². The summed E-state index contributed by atoms with van der Waals surface area (Å²) in [4.78, 5) is 28.4. The van der Waals surface area contributed by atoms with Crippen LogP contribution in [0.25, 0.3) is 6.08 Å². The minimum Gasteiger partial charge on any atom is -0.496 e. The number of amides is 1. The summed E-state index contributed by atoms with van der Waals surface area (Å²) in [6.07, 6.45) is 1.43. The summed E-state index contributed by atoms with van der Waals surface area (Å²) < 4.78 is 12.0. The molecule has 0 unspecified atom stereocenters. The average molecular weight is 475 g/mol. The molecule has 1 N–H and O–H groups in total. The van der Waals surface area contributed by atoms with E-state index in [1.54, 1.807) is 17.0 Å². The molecule has 2 heterocycles. The predicted molar refractivity (Wildman–Crippen MR) is 116 cm³/mol. The number of carbonyl (C=O) groups excluding carboxylic acids is 2. The molecule has 0 radical (unpaired) electrons. The van der Waals surface area contributed by atoms with Crippen molar-refractivity contribution in [3.05, 3.63) is 56.9 Å². The number of ketones is 1. The predicted octanol–water partition coefficient (Wildman–Crippen LogP) is 4.19. The van der Waals surface area contributed by atoms with E-state index >= 15 is 0 Å². The van der Waals surface area contributed by atoms with E-state index in [9.17, 15) is 9.59 Å². The van der Waals surface area contributed by atoms with E-state index in [0.29, 0.717) is 40.0 Å². The summed E-state index contributed by atoms with van der Waals surface area (Å²) >= 11 is 4.71. The highest BCUT2D eigenvalue weighted by Gasteiger charge is 2.33. The Labute approximate surface area is 181 Å². The molecule has 0 bridgehead atoms. The molecule has 2 aliphatic heterocycles. The quantitative estimate of drug-likeness (QED) is 0.672. The molecule has 4 rings (SSSR count). The smallest absolute Gasteiger partial charge is 0.415 e. The molecule has 0 saturated carbocycles. The number of Topliss-reactive ketones (excluding diaryl/α,β-unsaturated/α-hetero) is 1. The van der Waals surface area contributed by atoms with Crippen molar-refractivity contribution >= 4 is 45.6 Å². The van der Waals surface area contributed by atoms with E-state index < -0.39 is 6.09 Å². The third-order valence-electron chi connectivity index (χ3n) is 4.71. The molecular formula is C21H19BrN2O4S. The molecule has 2 aliphatic rings. The Morgan fingerprint density at radius 3 is 2.52 bits per heavy atom. The fourth-order valence-corrected chi connectivity index (χ4v) is 4.58. The van der Waals surface area contributed by atoms with Gasteiger partial charge in [0.15, 0.2) is 0 Å². The number of rotatable bonds is 3. The van der Waals surface area contributed by atoms with Gasteiger partial charge < -0.3 is 19.7 Å². The highest BCUT2D eigenvalue weighted by atomic mass is 79.9. The zero-order chi connectivity index (χ0) is 20.4. The lowest BCUT2D eigenvalue weighted by Gasteiger charge is -2.26. The molecule has 0 aliphatic carbocycles. The Bertz CT molecular complexity index is 985. The highest BCUT2D eigenvalue weighted by molar-refractivity contribution is 9.10. The van der Waals surface area contributed by atoms with E-state index in [1.807, 2.05) is 30.3 Å². The Kier molecular flexibility index (Phi) is 5.94. The van der Waals surface area contributed by atoms with E-state index in [4.69, 9.17) is 9.47 Å². The van der Waals surface area contributed by atoms with Crippen LogP contribution in [0.3, 0.4) is 0 Å². The summed E-state index contributed by atoms with van der Waals surface area (Å²) in [7, 11) is 1.52. The summed E-state index contributed by atoms with van der Waals surface area (Å²) in [6, 6.07) is 11.0. The molecule has 1 amide bonds. The van der Waals surface area contributed by atoms with Crippen molar-refractivity contribution in [3.8, 4) is 11.5 Å². The second-order valence-electron chi connectivity index (χ2n) is 6.57. The number of hydrogen-bond donors (Lipinski definition) is 1. The van der Waals surface area contributed by atoms with Gasteiger partial charge in [0.1, 0.15) is 11.5 Å². The van der Waals surface area contributed by atoms with Crippen LogP contribution in [0.1, 0.15) is 15.9 Å². The minimum absolute atomic E-state index is 0.134. The SMILES string of the molecule is COc1ccc(OC(=O)N2CCNCC2)c2c1C(=O)/C(=C/c1ccc(Br)cc1)S2. The number of ether oxygens (including phenoxy) is 2. The first-order valence-electron chi connectivity index (χ1n) is 9.15. The maximum Gasteiger partial charge on any atom is 0.415 e. The lowest BCUT2D eigenvalue weighted by atomic mass is 10.1. The number of nitrogens with zero attached hydrogens (tertiary/aromatic N) is 1. The second-order valence-corrected chi connectivity index (χ2v) is 8.53. The standard InChI is InChI=1S/C21H19BrN2O4S/c1-27-15-6-7-16(28-21(26)24-10-8-23-9-11-24)20-18(15)19(25)17(29-20)12-13-2-4-14(22)5-3-13/h2-7,12,23H,8-11H2,1H3/b17-12-. The number of halogens is 1. The van der Waals surface area contributed by atoms with E-state index in [2.05, 4.69) is 21.2 Å². The largest absolute Gasteiger partial charge is 0.496 e. The maximum absolute atomic E-state index is 13.0. The summed E-state index contributed by atoms with van der Waals surface area (Å²) in [6.45, 7) is 2.67. The molecule has 1 fully saturated rings. The molecule has 0 atom stereocenters. The number of thioether (sulfide) groups is 1. The van der Waals surface area contributed by atoms with Gasteiger partial charge in [0.2, 0.25) is 5.78 Å². The number of nitrogens with one attached hydrogen (secondary N) is 1. The topological polar surface area (TPSA) is 67.9 Å².